The zero-order valence-corrected chi connectivity index (χ0v) is 8.78. The molecule has 0 unspecified atom stereocenters. The van der Waals surface area contributed by atoms with Crippen molar-refractivity contribution >= 4 is 9.68 Å². The molecule has 0 aromatic carbocycles. The Labute approximate surface area is 61.3 Å². The molecule has 0 aromatic heterocycles. The second kappa shape index (κ2) is 3.37. The van der Waals surface area contributed by atoms with E-state index in [0.29, 0.717) is 5.41 Å². The van der Waals surface area contributed by atoms with E-state index in [9.17, 15) is 0 Å². The lowest BCUT2D eigenvalue weighted by Crippen LogP contribution is -2.22. The van der Waals surface area contributed by atoms with Crippen LogP contribution in [0.3, 0.4) is 0 Å². The molecule has 0 rings (SSSR count). The Kier molecular flexibility index (Phi) is 3.44. The molecule has 0 spiro atoms. The lowest BCUT2D eigenvalue weighted by atomic mass is 10.0. The van der Waals surface area contributed by atoms with Crippen LogP contribution in [-0.2, 0) is 0 Å². The number of nitrogens with zero attached hydrogens (tertiary/aromatic N) is 1. The first-order valence-electron chi connectivity index (χ1n) is 3.56. The quantitative estimate of drug-likeness (QED) is 0.526. The fourth-order valence-corrected chi connectivity index (χ4v) is 1.68. The van der Waals surface area contributed by atoms with Crippen molar-refractivity contribution in [2.24, 2.45) is 5.41 Å². The fraction of sp³-hybridized carbons (Fsp3) is 1.00. The topological polar surface area (TPSA) is 3.24 Å². The molecule has 2 heteroatoms. The van der Waals surface area contributed by atoms with Crippen molar-refractivity contribution in [2.45, 2.75) is 26.8 Å². The van der Waals surface area contributed by atoms with Crippen molar-refractivity contribution in [1.29, 1.82) is 0 Å². The molecular weight excluding hydrogens is 126 g/mol. The van der Waals surface area contributed by atoms with E-state index >= 15 is 0 Å². The highest BCUT2D eigenvalue weighted by Gasteiger charge is 2.09. The van der Waals surface area contributed by atoms with E-state index in [4.69, 9.17) is 0 Å². The van der Waals surface area contributed by atoms with Crippen LogP contribution in [0.15, 0.2) is 0 Å². The second-order valence-electron chi connectivity index (χ2n) is 4.11. The fourth-order valence-electron chi connectivity index (χ4n) is 0.559. The van der Waals surface area contributed by atoms with Crippen molar-refractivity contribution in [2.75, 3.05) is 14.1 Å². The molecule has 56 valence electrons. The van der Waals surface area contributed by atoms with E-state index in [2.05, 4.69) is 39.4 Å². The highest BCUT2D eigenvalue weighted by atomic mass is 28.2. The average molecular weight is 145 g/mol. The number of hydrogen-bond donors (Lipinski definition) is 0. The lowest BCUT2D eigenvalue weighted by Gasteiger charge is -2.19. The summed E-state index contributed by atoms with van der Waals surface area (Å²) >= 11 is 0. The van der Waals surface area contributed by atoms with Crippen LogP contribution in [0.25, 0.3) is 0 Å². The molecule has 0 saturated carbocycles. The molecular formula is C7H19NSi. The Hall–Kier alpha value is 0.177. The average Bonchev–Trinajstić information content (AvgIpc) is 1.59. The van der Waals surface area contributed by atoms with E-state index in [1.54, 1.807) is 0 Å². The molecule has 0 aliphatic carbocycles. The summed E-state index contributed by atoms with van der Waals surface area (Å²) in [5.74, 6) is 0. The van der Waals surface area contributed by atoms with Crippen LogP contribution in [0.2, 0.25) is 6.04 Å². The molecule has 0 radical (unpaired) electrons. The van der Waals surface area contributed by atoms with E-state index in [-0.39, 0.29) is 9.68 Å². The first-order chi connectivity index (χ1) is 3.92. The monoisotopic (exact) mass is 145 g/mol. The van der Waals surface area contributed by atoms with Crippen molar-refractivity contribution < 1.29 is 0 Å². The number of rotatable bonds is 2. The third-order valence-corrected chi connectivity index (χ3v) is 3.93. The van der Waals surface area contributed by atoms with Gasteiger partial charge in [-0.25, -0.2) is 0 Å². The zero-order chi connectivity index (χ0) is 7.49. The molecule has 0 aliphatic heterocycles. The van der Waals surface area contributed by atoms with Crippen LogP contribution in [0.4, 0.5) is 0 Å². The summed E-state index contributed by atoms with van der Waals surface area (Å²) in [4.78, 5) is 0. The van der Waals surface area contributed by atoms with Gasteiger partial charge < -0.3 is 4.57 Å². The molecule has 0 amide bonds. The van der Waals surface area contributed by atoms with Gasteiger partial charge in [-0.1, -0.05) is 20.8 Å². The van der Waals surface area contributed by atoms with Gasteiger partial charge >= 0.3 is 0 Å². The Balaban J connectivity index is 3.28. The molecule has 0 aromatic rings. The minimum atomic E-state index is 0.0752. The first kappa shape index (κ1) is 9.18. The summed E-state index contributed by atoms with van der Waals surface area (Å²) in [5.41, 5.74) is 0.552. The minimum Gasteiger partial charge on any atom is -0.334 e. The van der Waals surface area contributed by atoms with Crippen molar-refractivity contribution in [3.8, 4) is 0 Å². The molecule has 0 aliphatic rings. The third-order valence-electron chi connectivity index (χ3n) is 1.31. The van der Waals surface area contributed by atoms with Crippen molar-refractivity contribution in [1.82, 2.24) is 4.57 Å². The maximum Gasteiger partial charge on any atom is 0.0948 e. The first-order valence-corrected chi connectivity index (χ1v) is 5.20. The van der Waals surface area contributed by atoms with Crippen LogP contribution in [-0.4, -0.2) is 28.3 Å². The van der Waals surface area contributed by atoms with Gasteiger partial charge in [-0.05, 0) is 25.6 Å². The van der Waals surface area contributed by atoms with Gasteiger partial charge in [-0.3, -0.25) is 0 Å². The highest BCUT2D eigenvalue weighted by molar-refractivity contribution is 6.31. The molecule has 9 heavy (non-hydrogen) atoms. The van der Waals surface area contributed by atoms with E-state index in [1.807, 2.05) is 0 Å². The molecule has 0 heterocycles. The summed E-state index contributed by atoms with van der Waals surface area (Å²) in [5, 5.41) is 0. The third kappa shape index (κ3) is 8.18. The van der Waals surface area contributed by atoms with Crippen LogP contribution < -0.4 is 0 Å². The van der Waals surface area contributed by atoms with Crippen LogP contribution in [0.1, 0.15) is 20.8 Å². The summed E-state index contributed by atoms with van der Waals surface area (Å²) in [6.07, 6.45) is 0. The van der Waals surface area contributed by atoms with E-state index < -0.39 is 0 Å². The Morgan fingerprint density at radius 2 is 1.67 bits per heavy atom. The van der Waals surface area contributed by atoms with Gasteiger partial charge in [0.25, 0.3) is 0 Å². The van der Waals surface area contributed by atoms with Crippen molar-refractivity contribution in [3.63, 3.8) is 0 Å². The van der Waals surface area contributed by atoms with Gasteiger partial charge in [0.1, 0.15) is 0 Å². The predicted octanol–water partition coefficient (Wildman–Crippen LogP) is 1.10. The molecule has 0 saturated heterocycles. The predicted molar refractivity (Wildman–Crippen MR) is 46.5 cm³/mol. The van der Waals surface area contributed by atoms with Gasteiger partial charge in [0, 0.05) is 0 Å². The van der Waals surface area contributed by atoms with Gasteiger partial charge in [0.05, 0.1) is 9.68 Å². The SMILES string of the molecule is CN(C)[SiH2]CC(C)(C)C. The van der Waals surface area contributed by atoms with Crippen LogP contribution in [0.5, 0.6) is 0 Å². The maximum absolute atomic E-state index is 2.37. The Morgan fingerprint density at radius 3 is 1.78 bits per heavy atom. The number of hydrogen-bond acceptors (Lipinski definition) is 1. The van der Waals surface area contributed by atoms with Crippen LogP contribution >= 0.6 is 0 Å². The van der Waals surface area contributed by atoms with Gasteiger partial charge in [-0.2, -0.15) is 0 Å². The van der Waals surface area contributed by atoms with Gasteiger partial charge in [0.2, 0.25) is 0 Å². The second-order valence-corrected chi connectivity index (χ2v) is 6.33. The standard InChI is InChI=1S/C7H19NSi/c1-7(2,3)6-9-8(4)5/h6,9H2,1-5H3. The Morgan fingerprint density at radius 1 is 1.22 bits per heavy atom. The molecule has 0 bridgehead atoms. The molecule has 0 N–H and O–H groups in total. The normalized spacial score (nSPS) is 14.0. The molecule has 0 fully saturated rings. The molecule has 0 atom stereocenters. The van der Waals surface area contributed by atoms with Gasteiger partial charge in [0.15, 0.2) is 0 Å². The summed E-state index contributed by atoms with van der Waals surface area (Å²) in [7, 11) is 4.43. The Bertz CT molecular complexity index is 73.5. The minimum absolute atomic E-state index is 0.0752. The lowest BCUT2D eigenvalue weighted by molar-refractivity contribution is 0.455. The summed E-state index contributed by atoms with van der Waals surface area (Å²) < 4.78 is 2.37. The largest absolute Gasteiger partial charge is 0.334 e. The van der Waals surface area contributed by atoms with Crippen molar-refractivity contribution in [3.05, 3.63) is 0 Å². The molecule has 1 nitrogen and oxygen atoms in total. The summed E-state index contributed by atoms with van der Waals surface area (Å²) in [6, 6.07) is 1.42. The van der Waals surface area contributed by atoms with Gasteiger partial charge in [-0.15, -0.1) is 0 Å². The zero-order valence-electron chi connectivity index (χ0n) is 7.36. The van der Waals surface area contributed by atoms with E-state index in [1.165, 1.54) is 6.04 Å². The van der Waals surface area contributed by atoms with E-state index in [0.717, 1.165) is 0 Å². The summed E-state index contributed by atoms with van der Waals surface area (Å²) in [6.45, 7) is 6.93. The van der Waals surface area contributed by atoms with Crippen LogP contribution in [0, 0.1) is 5.41 Å². The highest BCUT2D eigenvalue weighted by Crippen LogP contribution is 2.18. The smallest absolute Gasteiger partial charge is 0.0948 e. The maximum atomic E-state index is 2.37.